The van der Waals surface area contributed by atoms with Crippen molar-refractivity contribution in [3.63, 3.8) is 0 Å². The largest absolute Gasteiger partial charge is 0.369 e. The summed E-state index contributed by atoms with van der Waals surface area (Å²) in [4.78, 5) is 3.95. The number of fused-ring (bicyclic) bond motifs is 2. The lowest BCUT2D eigenvalue weighted by atomic mass is 9.64. The Labute approximate surface area is 152 Å². The fourth-order valence-electron chi connectivity index (χ4n) is 5.49. The number of ether oxygens (including phenoxy) is 1. The highest BCUT2D eigenvalue weighted by Crippen LogP contribution is 2.74. The molecule has 1 aromatic heterocycles. The van der Waals surface area contributed by atoms with Crippen molar-refractivity contribution in [1.29, 1.82) is 0 Å². The van der Waals surface area contributed by atoms with Gasteiger partial charge in [0.05, 0.1) is 0 Å². The second-order valence-corrected chi connectivity index (χ2v) is 9.47. The Balaban J connectivity index is 1.77. The van der Waals surface area contributed by atoms with Crippen molar-refractivity contribution < 1.29 is 4.74 Å². The average molecular weight is 350 g/mol. The van der Waals surface area contributed by atoms with Crippen LogP contribution in [0.15, 0.2) is 17.5 Å². The maximum absolute atomic E-state index is 6.83. The van der Waals surface area contributed by atoms with Gasteiger partial charge in [0.15, 0.2) is 0 Å². The lowest BCUT2D eigenvalue weighted by Crippen LogP contribution is -2.46. The molecule has 3 rings (SSSR count). The van der Waals surface area contributed by atoms with Gasteiger partial charge in [-0.15, -0.1) is 11.3 Å². The van der Waals surface area contributed by atoms with E-state index in [0.29, 0.717) is 5.41 Å². The summed E-state index contributed by atoms with van der Waals surface area (Å²) in [6.07, 6.45) is 5.02. The van der Waals surface area contributed by atoms with Crippen LogP contribution in [0.25, 0.3) is 0 Å². The van der Waals surface area contributed by atoms with Crippen molar-refractivity contribution in [2.75, 3.05) is 26.2 Å². The van der Waals surface area contributed by atoms with E-state index < -0.39 is 0 Å². The first-order valence-electron chi connectivity index (χ1n) is 9.81. The van der Waals surface area contributed by atoms with E-state index >= 15 is 0 Å². The number of hydrogen-bond acceptors (Lipinski definition) is 3. The first-order chi connectivity index (χ1) is 11.4. The predicted molar refractivity (Wildman–Crippen MR) is 104 cm³/mol. The van der Waals surface area contributed by atoms with Gasteiger partial charge in [-0.2, -0.15) is 0 Å². The summed E-state index contributed by atoms with van der Waals surface area (Å²) < 4.78 is 6.83. The number of hydrogen-bond donors (Lipinski definition) is 0. The molecule has 2 saturated carbocycles. The minimum Gasteiger partial charge on any atom is -0.369 e. The molecule has 3 atom stereocenters. The molecule has 136 valence electrons. The van der Waals surface area contributed by atoms with Gasteiger partial charge in [0.25, 0.3) is 0 Å². The molecule has 3 heteroatoms. The summed E-state index contributed by atoms with van der Waals surface area (Å²) in [6.45, 7) is 16.3. The third-order valence-corrected chi connectivity index (χ3v) is 8.65. The smallest absolute Gasteiger partial charge is 0.108 e. The molecular formula is C21H35NOS. The first-order valence-corrected chi connectivity index (χ1v) is 10.7. The zero-order valence-electron chi connectivity index (χ0n) is 16.2. The van der Waals surface area contributed by atoms with E-state index in [1.807, 2.05) is 11.3 Å². The molecule has 2 aliphatic carbocycles. The monoisotopic (exact) mass is 349 g/mol. The van der Waals surface area contributed by atoms with E-state index in [-0.39, 0.29) is 11.0 Å². The molecule has 2 fully saturated rings. The van der Waals surface area contributed by atoms with Crippen molar-refractivity contribution in [3.05, 3.63) is 22.4 Å². The Bertz CT molecular complexity index is 536. The van der Waals surface area contributed by atoms with E-state index in [2.05, 4.69) is 57.0 Å². The van der Waals surface area contributed by atoms with Gasteiger partial charge in [0.1, 0.15) is 5.60 Å². The van der Waals surface area contributed by atoms with Crippen molar-refractivity contribution >= 4 is 11.3 Å². The van der Waals surface area contributed by atoms with Crippen molar-refractivity contribution in [3.8, 4) is 0 Å². The van der Waals surface area contributed by atoms with Gasteiger partial charge in [-0.3, -0.25) is 0 Å². The molecule has 0 aliphatic heterocycles. The summed E-state index contributed by atoms with van der Waals surface area (Å²) in [5, 5.41) is 2.22. The van der Waals surface area contributed by atoms with Crippen molar-refractivity contribution in [2.24, 2.45) is 16.7 Å². The lowest BCUT2D eigenvalue weighted by Gasteiger charge is -2.48. The van der Waals surface area contributed by atoms with E-state index in [4.69, 9.17) is 4.74 Å². The summed E-state index contributed by atoms with van der Waals surface area (Å²) in [5.74, 6) is 0.799. The minimum atomic E-state index is -0.0587. The molecule has 1 heterocycles. The Kier molecular flexibility index (Phi) is 5.17. The van der Waals surface area contributed by atoms with Gasteiger partial charge in [0.2, 0.25) is 0 Å². The fourth-order valence-corrected chi connectivity index (χ4v) is 6.51. The van der Waals surface area contributed by atoms with Crippen LogP contribution in [-0.2, 0) is 10.3 Å². The van der Waals surface area contributed by atoms with Crippen LogP contribution in [0.1, 0.15) is 65.2 Å². The van der Waals surface area contributed by atoms with Gasteiger partial charge in [-0.1, -0.05) is 40.7 Å². The van der Waals surface area contributed by atoms with Crippen molar-refractivity contribution in [1.82, 2.24) is 4.90 Å². The summed E-state index contributed by atoms with van der Waals surface area (Å²) in [5.41, 5.74) is 0.567. The Morgan fingerprint density at radius 3 is 2.50 bits per heavy atom. The van der Waals surface area contributed by atoms with E-state index in [0.717, 1.165) is 38.6 Å². The third kappa shape index (κ3) is 2.59. The first kappa shape index (κ1) is 18.4. The molecule has 2 aliphatic rings. The molecule has 2 nitrogen and oxygen atoms in total. The topological polar surface area (TPSA) is 12.5 Å². The van der Waals surface area contributed by atoms with Crippen molar-refractivity contribution in [2.45, 2.75) is 65.9 Å². The van der Waals surface area contributed by atoms with Crippen LogP contribution in [0.5, 0.6) is 0 Å². The molecule has 0 spiro atoms. The fraction of sp³-hybridized carbons (Fsp3) is 0.810. The highest BCUT2D eigenvalue weighted by atomic mass is 32.1. The molecule has 0 N–H and O–H groups in total. The number of nitrogens with zero attached hydrogens (tertiary/aromatic N) is 1. The molecule has 0 amide bonds. The summed E-state index contributed by atoms with van der Waals surface area (Å²) in [6, 6.07) is 4.51. The van der Waals surface area contributed by atoms with Crippen LogP contribution in [0, 0.1) is 16.7 Å². The molecule has 0 aromatic carbocycles. The van der Waals surface area contributed by atoms with Gasteiger partial charge in [-0.25, -0.2) is 0 Å². The van der Waals surface area contributed by atoms with E-state index in [1.165, 1.54) is 24.1 Å². The molecule has 0 saturated heterocycles. The molecule has 0 radical (unpaired) electrons. The maximum atomic E-state index is 6.83. The molecule has 24 heavy (non-hydrogen) atoms. The summed E-state index contributed by atoms with van der Waals surface area (Å²) in [7, 11) is 0. The molecular weight excluding hydrogens is 314 g/mol. The van der Waals surface area contributed by atoms with Gasteiger partial charge >= 0.3 is 0 Å². The second kappa shape index (κ2) is 6.74. The molecule has 1 aromatic rings. The van der Waals surface area contributed by atoms with Crippen LogP contribution in [0.2, 0.25) is 0 Å². The van der Waals surface area contributed by atoms with Gasteiger partial charge < -0.3 is 9.64 Å². The highest BCUT2D eigenvalue weighted by Gasteiger charge is 2.70. The molecule has 3 unspecified atom stereocenters. The normalized spacial score (nSPS) is 34.3. The van der Waals surface area contributed by atoms with E-state index in [9.17, 15) is 0 Å². The Morgan fingerprint density at radius 2 is 2.00 bits per heavy atom. The predicted octanol–water partition coefficient (Wildman–Crippen LogP) is 5.54. The standard InChI is InChI=1S/C21H35NOS/c1-6-22(7-2)13-9-14-23-21(18-10-8-15-24-18)16-17-11-12-20(21,5)19(17,3)4/h8,10,15,17H,6-7,9,11-14,16H2,1-5H3. The third-order valence-electron chi connectivity index (χ3n) is 7.64. The summed E-state index contributed by atoms with van der Waals surface area (Å²) >= 11 is 1.90. The Hall–Kier alpha value is -0.380. The second-order valence-electron chi connectivity index (χ2n) is 8.53. The minimum absolute atomic E-state index is 0.0587. The average Bonchev–Trinajstić information content (AvgIpc) is 3.21. The SMILES string of the molecule is CCN(CC)CCCOC1(c2cccs2)CC2CCC1(C)C2(C)C. The Morgan fingerprint density at radius 1 is 1.25 bits per heavy atom. The van der Waals surface area contributed by atoms with Crippen LogP contribution in [-0.4, -0.2) is 31.1 Å². The van der Waals surface area contributed by atoms with Crippen LogP contribution < -0.4 is 0 Å². The number of rotatable bonds is 8. The van der Waals surface area contributed by atoms with Crippen LogP contribution in [0.4, 0.5) is 0 Å². The number of thiophene rings is 1. The quantitative estimate of drug-likeness (QED) is 0.571. The zero-order valence-corrected chi connectivity index (χ0v) is 17.0. The maximum Gasteiger partial charge on any atom is 0.108 e. The van der Waals surface area contributed by atoms with Crippen LogP contribution in [0.3, 0.4) is 0 Å². The lowest BCUT2D eigenvalue weighted by molar-refractivity contribution is -0.145. The van der Waals surface area contributed by atoms with E-state index in [1.54, 1.807) is 0 Å². The molecule has 2 bridgehead atoms. The zero-order chi connectivity index (χ0) is 17.4. The van der Waals surface area contributed by atoms with Crippen LogP contribution >= 0.6 is 11.3 Å². The highest BCUT2D eigenvalue weighted by molar-refractivity contribution is 7.10. The van der Waals surface area contributed by atoms with Gasteiger partial charge in [0, 0.05) is 23.4 Å². The van der Waals surface area contributed by atoms with Gasteiger partial charge in [-0.05, 0) is 61.6 Å².